The van der Waals surface area contributed by atoms with Crippen LogP contribution in [0.4, 0.5) is 5.69 Å². The lowest BCUT2D eigenvalue weighted by atomic mass is 10.1. The molecule has 0 fully saturated rings. The molecule has 0 aromatic heterocycles. The van der Waals surface area contributed by atoms with Gasteiger partial charge in [-0.2, -0.15) is 8.42 Å². The highest BCUT2D eigenvalue weighted by molar-refractivity contribution is 9.11. The number of rotatable bonds is 4. The van der Waals surface area contributed by atoms with E-state index in [2.05, 4.69) is 41.6 Å². The summed E-state index contributed by atoms with van der Waals surface area (Å²) in [7, 11) is -4.01. The maximum atomic E-state index is 12.9. The minimum atomic E-state index is -4.01. The summed E-state index contributed by atoms with van der Waals surface area (Å²) in [6.45, 7) is 3.52. The van der Waals surface area contributed by atoms with Gasteiger partial charge in [0.1, 0.15) is 5.75 Å². The standard InChI is InChI=1S/C21H17Br2ClN2O3S/c1-12-17(22)19(18(23)13(2)20(12)27)25-21(14-6-4-3-5-7-14)26-30(28,29)16-10-8-15(24)9-11-16/h3-11,27H,1-2H3,(H,25,26). The van der Waals surface area contributed by atoms with Crippen molar-refractivity contribution in [3.63, 3.8) is 0 Å². The van der Waals surface area contributed by atoms with Crippen molar-refractivity contribution in [2.24, 2.45) is 4.40 Å². The van der Waals surface area contributed by atoms with Crippen LogP contribution in [0, 0.1) is 13.8 Å². The van der Waals surface area contributed by atoms with Crippen molar-refractivity contribution in [3.05, 3.63) is 85.3 Å². The summed E-state index contributed by atoms with van der Waals surface area (Å²) in [6, 6.07) is 14.7. The Hall–Kier alpha value is -1.87. The molecule has 30 heavy (non-hydrogen) atoms. The van der Waals surface area contributed by atoms with E-state index >= 15 is 0 Å². The van der Waals surface area contributed by atoms with E-state index in [1.807, 2.05) is 6.07 Å². The summed E-state index contributed by atoms with van der Waals surface area (Å²) in [5.74, 6) is 0.280. The molecule has 3 aromatic carbocycles. The second-order valence-electron chi connectivity index (χ2n) is 6.46. The van der Waals surface area contributed by atoms with Gasteiger partial charge in [-0.05, 0) is 70.0 Å². The Morgan fingerprint density at radius 3 is 2.03 bits per heavy atom. The molecule has 2 N–H and O–H groups in total. The van der Waals surface area contributed by atoms with Crippen molar-refractivity contribution in [1.82, 2.24) is 0 Å². The van der Waals surface area contributed by atoms with E-state index in [4.69, 9.17) is 11.6 Å². The van der Waals surface area contributed by atoms with Crippen LogP contribution >= 0.6 is 43.5 Å². The molecule has 0 amide bonds. The summed E-state index contributed by atoms with van der Waals surface area (Å²) in [5.41, 5.74) is 2.37. The van der Waals surface area contributed by atoms with Gasteiger partial charge in [0.2, 0.25) is 0 Å². The summed E-state index contributed by atoms with van der Waals surface area (Å²) >= 11 is 12.8. The summed E-state index contributed by atoms with van der Waals surface area (Å²) in [4.78, 5) is 0.0262. The topological polar surface area (TPSA) is 78.8 Å². The maximum Gasteiger partial charge on any atom is 0.284 e. The number of nitrogens with zero attached hydrogens (tertiary/aromatic N) is 1. The lowest BCUT2D eigenvalue weighted by Gasteiger charge is -2.18. The number of anilines is 1. The third kappa shape index (κ3) is 4.72. The van der Waals surface area contributed by atoms with E-state index in [1.165, 1.54) is 24.3 Å². The van der Waals surface area contributed by atoms with Gasteiger partial charge in [0.05, 0.1) is 10.6 Å². The van der Waals surface area contributed by atoms with Gasteiger partial charge in [-0.15, -0.1) is 4.40 Å². The summed E-state index contributed by atoms with van der Waals surface area (Å²) in [6.07, 6.45) is 0. The second kappa shape index (κ2) is 9.09. The number of benzene rings is 3. The molecule has 0 aliphatic rings. The first-order chi connectivity index (χ1) is 14.1. The number of hydrogen-bond acceptors (Lipinski definition) is 3. The van der Waals surface area contributed by atoms with E-state index < -0.39 is 10.0 Å². The van der Waals surface area contributed by atoms with E-state index in [1.54, 1.807) is 38.1 Å². The van der Waals surface area contributed by atoms with E-state index in [-0.39, 0.29) is 16.5 Å². The van der Waals surface area contributed by atoms with Crippen LogP contribution in [0.1, 0.15) is 16.7 Å². The molecular formula is C21H17Br2ClN2O3S. The van der Waals surface area contributed by atoms with Crippen molar-refractivity contribution in [2.45, 2.75) is 18.7 Å². The molecule has 0 radical (unpaired) electrons. The third-order valence-electron chi connectivity index (χ3n) is 4.42. The van der Waals surface area contributed by atoms with Crippen molar-refractivity contribution in [1.29, 1.82) is 0 Å². The molecule has 3 aromatic rings. The van der Waals surface area contributed by atoms with E-state index in [0.717, 1.165) is 0 Å². The fraction of sp³-hybridized carbons (Fsp3) is 0.0952. The summed E-state index contributed by atoms with van der Waals surface area (Å²) < 4.78 is 31.1. The Kier molecular flexibility index (Phi) is 6.91. The summed E-state index contributed by atoms with van der Waals surface area (Å²) in [5, 5.41) is 13.8. The van der Waals surface area contributed by atoms with Gasteiger partial charge in [0.15, 0.2) is 5.84 Å². The van der Waals surface area contributed by atoms with Gasteiger partial charge >= 0.3 is 0 Å². The number of phenolic OH excluding ortho intramolecular Hbond substituents is 1. The molecule has 0 heterocycles. The lowest BCUT2D eigenvalue weighted by Crippen LogP contribution is -2.17. The van der Waals surface area contributed by atoms with Gasteiger partial charge in [-0.25, -0.2) is 0 Å². The number of amidine groups is 1. The molecule has 0 unspecified atom stereocenters. The average Bonchev–Trinajstić information content (AvgIpc) is 2.74. The first kappa shape index (κ1) is 22.8. The number of aromatic hydroxyl groups is 1. The molecule has 9 heteroatoms. The zero-order valence-electron chi connectivity index (χ0n) is 15.9. The average molecular weight is 573 g/mol. The molecule has 156 valence electrons. The Morgan fingerprint density at radius 1 is 0.967 bits per heavy atom. The third-order valence-corrected chi connectivity index (χ3v) is 7.95. The predicted molar refractivity (Wildman–Crippen MR) is 128 cm³/mol. The highest BCUT2D eigenvalue weighted by Gasteiger charge is 2.21. The molecule has 0 bridgehead atoms. The van der Waals surface area contributed by atoms with Crippen LogP contribution in [0.15, 0.2) is 72.8 Å². The van der Waals surface area contributed by atoms with E-state index in [9.17, 15) is 13.5 Å². The monoisotopic (exact) mass is 570 g/mol. The molecule has 3 rings (SSSR count). The van der Waals surface area contributed by atoms with Crippen molar-refractivity contribution >= 4 is 65.0 Å². The maximum absolute atomic E-state index is 12.9. The molecule has 0 aliphatic carbocycles. The van der Waals surface area contributed by atoms with Crippen LogP contribution < -0.4 is 5.32 Å². The molecule has 5 nitrogen and oxygen atoms in total. The smallest absolute Gasteiger partial charge is 0.284 e. The van der Waals surface area contributed by atoms with Crippen molar-refractivity contribution < 1.29 is 13.5 Å². The molecular weight excluding hydrogens is 556 g/mol. The minimum absolute atomic E-state index is 0.0262. The first-order valence-corrected chi connectivity index (χ1v) is 12.1. The fourth-order valence-corrected chi connectivity index (χ4v) is 5.05. The van der Waals surface area contributed by atoms with Crippen LogP contribution in [0.5, 0.6) is 5.75 Å². The fourth-order valence-electron chi connectivity index (χ4n) is 2.71. The Bertz CT molecular complexity index is 1200. The molecule has 0 aliphatic heterocycles. The van der Waals surface area contributed by atoms with Gasteiger partial charge in [0.25, 0.3) is 10.0 Å². The van der Waals surface area contributed by atoms with Gasteiger partial charge in [-0.1, -0.05) is 41.9 Å². The largest absolute Gasteiger partial charge is 0.507 e. The highest BCUT2D eigenvalue weighted by atomic mass is 79.9. The molecule has 0 saturated heterocycles. The zero-order valence-corrected chi connectivity index (χ0v) is 20.7. The molecule has 0 atom stereocenters. The molecule has 0 spiro atoms. The molecule has 0 saturated carbocycles. The Balaban J connectivity index is 2.17. The zero-order chi connectivity index (χ0) is 22.1. The lowest BCUT2D eigenvalue weighted by molar-refractivity contribution is 0.466. The Labute approximate surface area is 197 Å². The van der Waals surface area contributed by atoms with Crippen molar-refractivity contribution in [3.8, 4) is 5.75 Å². The number of halogens is 3. The normalized spacial score (nSPS) is 12.1. The number of sulfonamides is 1. The van der Waals surface area contributed by atoms with Crippen LogP contribution in [-0.2, 0) is 10.0 Å². The SMILES string of the molecule is Cc1c(O)c(C)c(Br)c(NC(=NS(=O)(=O)c2ccc(Cl)cc2)c2ccccc2)c1Br. The van der Waals surface area contributed by atoms with E-state index in [0.29, 0.717) is 36.3 Å². The minimum Gasteiger partial charge on any atom is -0.507 e. The number of phenols is 1. The Morgan fingerprint density at radius 2 is 1.50 bits per heavy atom. The van der Waals surface area contributed by atoms with Gasteiger partial charge < -0.3 is 10.4 Å². The second-order valence-corrected chi connectivity index (χ2v) is 10.1. The van der Waals surface area contributed by atoms with Crippen molar-refractivity contribution in [2.75, 3.05) is 5.32 Å². The first-order valence-electron chi connectivity index (χ1n) is 8.72. The van der Waals surface area contributed by atoms with Crippen LogP contribution in [0.2, 0.25) is 5.02 Å². The van der Waals surface area contributed by atoms with Gasteiger partial charge in [-0.3, -0.25) is 0 Å². The highest BCUT2D eigenvalue weighted by Crippen LogP contribution is 2.42. The van der Waals surface area contributed by atoms with Gasteiger partial charge in [0, 0.05) is 30.7 Å². The van der Waals surface area contributed by atoms with Crippen LogP contribution in [0.3, 0.4) is 0 Å². The van der Waals surface area contributed by atoms with Crippen LogP contribution in [0.25, 0.3) is 0 Å². The van der Waals surface area contributed by atoms with Crippen LogP contribution in [-0.4, -0.2) is 19.4 Å². The number of nitrogens with one attached hydrogen (secondary N) is 1. The number of hydrogen-bond donors (Lipinski definition) is 2. The quantitative estimate of drug-likeness (QED) is 0.214. The predicted octanol–water partition coefficient (Wildman–Crippen LogP) is 6.44.